The van der Waals surface area contributed by atoms with Crippen LogP contribution in [0.5, 0.6) is 0 Å². The smallest absolute Gasteiger partial charge is 0.248 e. The lowest BCUT2D eigenvalue weighted by Crippen LogP contribution is -2.54. The molecule has 1 saturated carbocycles. The Hall–Kier alpha value is -1.76. The summed E-state index contributed by atoms with van der Waals surface area (Å²) in [5.41, 5.74) is 0. The maximum atomic E-state index is 12.9. The molecule has 0 radical (unpaired) electrons. The number of carbonyl (C=O) groups is 1. The van der Waals surface area contributed by atoms with Crippen LogP contribution in [-0.2, 0) is 9.53 Å². The second-order valence-electron chi connectivity index (χ2n) is 6.01. The second-order valence-corrected chi connectivity index (χ2v) is 6.01. The topological polar surface area (TPSA) is 58.6 Å². The number of carbonyl (C=O) groups excluding carboxylic acids is 1. The molecule has 112 valence electrons. The molecule has 0 unspecified atom stereocenters. The molecule has 2 saturated heterocycles. The van der Waals surface area contributed by atoms with Gasteiger partial charge in [-0.25, -0.2) is 14.4 Å². The first-order chi connectivity index (χ1) is 10.2. The number of ether oxygens (including phenoxy) is 1. The zero-order chi connectivity index (χ0) is 14.4. The highest BCUT2D eigenvalue weighted by Gasteiger charge is 2.45. The van der Waals surface area contributed by atoms with Gasteiger partial charge in [-0.1, -0.05) is 0 Å². The normalized spacial score (nSPS) is 28.9. The molecule has 0 spiro atoms. The van der Waals surface area contributed by atoms with Gasteiger partial charge in [0.25, 0.3) is 0 Å². The molecule has 0 bridgehead atoms. The number of rotatable bonds is 3. The average molecular weight is 292 g/mol. The van der Waals surface area contributed by atoms with Crippen molar-refractivity contribution in [3.63, 3.8) is 0 Å². The summed E-state index contributed by atoms with van der Waals surface area (Å²) in [4.78, 5) is 24.1. The van der Waals surface area contributed by atoms with Crippen LogP contribution in [0.4, 0.5) is 10.3 Å². The van der Waals surface area contributed by atoms with E-state index in [0.717, 1.165) is 18.9 Å². The quantitative estimate of drug-likeness (QED) is 0.809. The van der Waals surface area contributed by atoms with Gasteiger partial charge in [0, 0.05) is 19.6 Å². The largest absolute Gasteiger partial charge is 0.364 e. The first-order valence-corrected chi connectivity index (χ1v) is 7.34. The van der Waals surface area contributed by atoms with E-state index in [2.05, 4.69) is 9.97 Å². The number of fused-ring (bicyclic) bond motifs is 1. The maximum Gasteiger partial charge on any atom is 0.248 e. The lowest BCUT2D eigenvalue weighted by molar-refractivity contribution is -0.153. The Morgan fingerprint density at radius 1 is 1.29 bits per heavy atom. The molecule has 3 aliphatic rings. The van der Waals surface area contributed by atoms with E-state index in [1.807, 2.05) is 9.80 Å². The Morgan fingerprint density at radius 2 is 2.05 bits per heavy atom. The fourth-order valence-electron chi connectivity index (χ4n) is 3.11. The predicted octanol–water partition coefficient (Wildman–Crippen LogP) is 0.442. The number of anilines is 1. The third-order valence-electron chi connectivity index (χ3n) is 4.42. The molecule has 4 rings (SSSR count). The monoisotopic (exact) mass is 292 g/mol. The van der Waals surface area contributed by atoms with Crippen molar-refractivity contribution >= 4 is 11.9 Å². The van der Waals surface area contributed by atoms with Gasteiger partial charge in [-0.15, -0.1) is 0 Å². The molecule has 6 nitrogen and oxygen atoms in total. The van der Waals surface area contributed by atoms with Gasteiger partial charge in [0.1, 0.15) is 6.61 Å². The Bertz CT molecular complexity index is 548. The first kappa shape index (κ1) is 12.9. The number of hydrogen-bond acceptors (Lipinski definition) is 5. The highest BCUT2D eigenvalue weighted by Crippen LogP contribution is 2.33. The van der Waals surface area contributed by atoms with Crippen LogP contribution in [0.15, 0.2) is 12.4 Å². The minimum atomic E-state index is -0.447. The number of amides is 1. The molecular formula is C14H17FN4O2. The van der Waals surface area contributed by atoms with E-state index in [9.17, 15) is 9.18 Å². The number of nitrogens with zero attached hydrogens (tertiary/aromatic N) is 4. The van der Waals surface area contributed by atoms with Gasteiger partial charge in [-0.2, -0.15) is 0 Å². The Morgan fingerprint density at radius 3 is 2.76 bits per heavy atom. The summed E-state index contributed by atoms with van der Waals surface area (Å²) in [5, 5.41) is 0. The highest BCUT2D eigenvalue weighted by molar-refractivity contribution is 5.79. The van der Waals surface area contributed by atoms with Crippen molar-refractivity contribution in [2.24, 2.45) is 5.92 Å². The van der Waals surface area contributed by atoms with Crippen molar-refractivity contribution < 1.29 is 13.9 Å². The van der Waals surface area contributed by atoms with Crippen molar-refractivity contribution in [2.75, 3.05) is 31.1 Å². The highest BCUT2D eigenvalue weighted by atomic mass is 19.1. The zero-order valence-corrected chi connectivity index (χ0v) is 11.6. The fourth-order valence-corrected chi connectivity index (χ4v) is 3.11. The molecule has 1 aromatic rings. The van der Waals surface area contributed by atoms with Crippen LogP contribution in [0.2, 0.25) is 0 Å². The van der Waals surface area contributed by atoms with E-state index in [4.69, 9.17) is 4.74 Å². The summed E-state index contributed by atoms with van der Waals surface area (Å²) in [7, 11) is 0. The minimum Gasteiger partial charge on any atom is -0.364 e. The van der Waals surface area contributed by atoms with Gasteiger partial charge in [-0.3, -0.25) is 4.79 Å². The molecule has 1 aliphatic carbocycles. The second kappa shape index (κ2) is 4.91. The molecule has 3 heterocycles. The molecule has 7 heteroatoms. The van der Waals surface area contributed by atoms with E-state index in [1.165, 1.54) is 12.8 Å². The van der Waals surface area contributed by atoms with Crippen molar-refractivity contribution in [1.82, 2.24) is 14.9 Å². The van der Waals surface area contributed by atoms with E-state index >= 15 is 0 Å². The fraction of sp³-hybridized carbons (Fsp3) is 0.643. The summed E-state index contributed by atoms with van der Waals surface area (Å²) < 4.78 is 18.6. The van der Waals surface area contributed by atoms with Gasteiger partial charge in [0.05, 0.1) is 24.5 Å². The summed E-state index contributed by atoms with van der Waals surface area (Å²) in [5.74, 6) is 0.777. The van der Waals surface area contributed by atoms with Crippen molar-refractivity contribution in [2.45, 2.75) is 25.0 Å². The maximum absolute atomic E-state index is 12.9. The van der Waals surface area contributed by atoms with Gasteiger partial charge in [-0.05, 0) is 18.8 Å². The molecule has 21 heavy (non-hydrogen) atoms. The predicted molar refractivity (Wildman–Crippen MR) is 72.2 cm³/mol. The van der Waals surface area contributed by atoms with Crippen LogP contribution in [0.25, 0.3) is 0 Å². The standard InChI is InChI=1S/C14H17FN4O2/c15-10-3-16-14(17-4-10)18-6-11-12(7-18)21-8-13(20)19(11)5-9-1-2-9/h3-4,9,11-12H,1-2,5-8H2/t11-,12-/m1/s1. The van der Waals surface area contributed by atoms with E-state index in [0.29, 0.717) is 25.0 Å². The van der Waals surface area contributed by atoms with Gasteiger partial charge >= 0.3 is 0 Å². The molecule has 2 atom stereocenters. The summed E-state index contributed by atoms with van der Waals surface area (Å²) >= 11 is 0. The third-order valence-corrected chi connectivity index (χ3v) is 4.42. The first-order valence-electron chi connectivity index (χ1n) is 7.34. The Kier molecular flexibility index (Phi) is 3.02. The average Bonchev–Trinajstić information content (AvgIpc) is 3.20. The van der Waals surface area contributed by atoms with Crippen molar-refractivity contribution in [3.05, 3.63) is 18.2 Å². The van der Waals surface area contributed by atoms with E-state index < -0.39 is 5.82 Å². The lowest BCUT2D eigenvalue weighted by atomic mass is 10.1. The molecular weight excluding hydrogens is 275 g/mol. The molecule has 1 aromatic heterocycles. The molecule has 2 aliphatic heterocycles. The third kappa shape index (κ3) is 2.46. The van der Waals surface area contributed by atoms with E-state index in [1.54, 1.807) is 0 Å². The number of halogens is 1. The van der Waals surface area contributed by atoms with Gasteiger partial charge < -0.3 is 14.5 Å². The van der Waals surface area contributed by atoms with E-state index in [-0.39, 0.29) is 24.7 Å². The van der Waals surface area contributed by atoms with Crippen LogP contribution < -0.4 is 4.90 Å². The molecule has 0 aromatic carbocycles. The molecule has 1 amide bonds. The van der Waals surface area contributed by atoms with Gasteiger partial charge in [0.2, 0.25) is 11.9 Å². The van der Waals surface area contributed by atoms with Crippen LogP contribution in [-0.4, -0.2) is 59.2 Å². The Labute approximate surface area is 121 Å². The Balaban J connectivity index is 1.51. The van der Waals surface area contributed by atoms with Gasteiger partial charge in [0.15, 0.2) is 5.82 Å². The number of hydrogen-bond donors (Lipinski definition) is 0. The lowest BCUT2D eigenvalue weighted by Gasteiger charge is -2.36. The summed E-state index contributed by atoms with van der Waals surface area (Å²) in [6.45, 7) is 2.28. The summed E-state index contributed by atoms with van der Waals surface area (Å²) in [6, 6.07) is 0.0560. The molecule has 3 fully saturated rings. The SMILES string of the molecule is O=C1CO[C@@H]2CN(c3ncc(F)cn3)C[C@H]2N1CC1CC1. The number of morpholine rings is 1. The summed E-state index contributed by atoms with van der Waals surface area (Å²) in [6.07, 6.45) is 4.76. The minimum absolute atomic E-state index is 0.00453. The number of aromatic nitrogens is 2. The van der Waals surface area contributed by atoms with Crippen LogP contribution in [0, 0.1) is 11.7 Å². The zero-order valence-electron chi connectivity index (χ0n) is 11.6. The molecule has 0 N–H and O–H groups in total. The van der Waals surface area contributed by atoms with Crippen LogP contribution >= 0.6 is 0 Å². The van der Waals surface area contributed by atoms with Crippen molar-refractivity contribution in [3.8, 4) is 0 Å². The van der Waals surface area contributed by atoms with Crippen LogP contribution in [0.3, 0.4) is 0 Å². The van der Waals surface area contributed by atoms with Crippen molar-refractivity contribution in [1.29, 1.82) is 0 Å². The van der Waals surface area contributed by atoms with Crippen LogP contribution in [0.1, 0.15) is 12.8 Å².